The van der Waals surface area contributed by atoms with Gasteiger partial charge in [0, 0.05) is 30.4 Å². The first kappa shape index (κ1) is 17.5. The summed E-state index contributed by atoms with van der Waals surface area (Å²) in [4.78, 5) is 0. The van der Waals surface area contributed by atoms with Crippen LogP contribution in [0.4, 0.5) is 4.39 Å². The van der Waals surface area contributed by atoms with E-state index >= 15 is 0 Å². The summed E-state index contributed by atoms with van der Waals surface area (Å²) in [6.45, 7) is 0. The summed E-state index contributed by atoms with van der Waals surface area (Å²) in [5.41, 5.74) is 2.88. The van der Waals surface area contributed by atoms with Crippen LogP contribution >= 0.6 is 0 Å². The summed E-state index contributed by atoms with van der Waals surface area (Å²) in [5.74, 6) is 0.412. The van der Waals surface area contributed by atoms with Crippen LogP contribution < -0.4 is 4.74 Å². The van der Waals surface area contributed by atoms with Crippen LogP contribution in [0.5, 0.6) is 11.6 Å². The molecule has 0 bridgehead atoms. The number of aromatic hydroxyl groups is 1. The average molecular weight is 368 g/mol. The van der Waals surface area contributed by atoms with Gasteiger partial charge in [-0.25, -0.2) is 4.39 Å². The monoisotopic (exact) mass is 368 g/mol. The summed E-state index contributed by atoms with van der Waals surface area (Å²) in [6, 6.07) is 8.75. The van der Waals surface area contributed by atoms with Gasteiger partial charge in [-0.1, -0.05) is 12.5 Å². The van der Waals surface area contributed by atoms with E-state index in [0.29, 0.717) is 30.0 Å². The summed E-state index contributed by atoms with van der Waals surface area (Å²) >= 11 is 0. The molecule has 0 radical (unpaired) electrons. The molecule has 1 fully saturated rings. The minimum absolute atomic E-state index is 0.107. The van der Waals surface area contributed by atoms with E-state index in [-0.39, 0.29) is 5.75 Å². The van der Waals surface area contributed by atoms with E-state index in [1.807, 2.05) is 19.3 Å². The molecule has 0 saturated heterocycles. The number of nitrogens with zero attached hydrogens (tertiary/aromatic N) is 4. The third kappa shape index (κ3) is 3.77. The van der Waals surface area contributed by atoms with Gasteiger partial charge in [-0.3, -0.25) is 4.68 Å². The van der Waals surface area contributed by atoms with E-state index in [2.05, 4.69) is 15.3 Å². The van der Waals surface area contributed by atoms with Crippen molar-refractivity contribution in [2.24, 2.45) is 7.05 Å². The zero-order valence-electron chi connectivity index (χ0n) is 15.0. The first-order valence-electron chi connectivity index (χ1n) is 9.07. The first-order valence-corrected chi connectivity index (χ1v) is 9.07. The molecule has 1 N–H and O–H groups in total. The number of aromatic nitrogens is 4. The number of benzene rings is 1. The molecule has 0 unspecified atom stereocenters. The molecule has 0 aliphatic heterocycles. The lowest BCUT2D eigenvalue weighted by atomic mass is 9.96. The van der Waals surface area contributed by atoms with Gasteiger partial charge in [0.15, 0.2) is 0 Å². The normalized spacial score (nSPS) is 19.8. The lowest BCUT2D eigenvalue weighted by Gasteiger charge is -2.25. The van der Waals surface area contributed by atoms with Crippen LogP contribution in [-0.4, -0.2) is 37.4 Å². The van der Waals surface area contributed by atoms with Gasteiger partial charge in [0.05, 0.1) is 11.9 Å². The van der Waals surface area contributed by atoms with Crippen molar-refractivity contribution in [2.45, 2.75) is 38.0 Å². The third-order valence-corrected chi connectivity index (χ3v) is 4.85. The summed E-state index contributed by atoms with van der Waals surface area (Å²) in [5, 5.41) is 22.7. The second kappa shape index (κ2) is 7.34. The summed E-state index contributed by atoms with van der Waals surface area (Å²) in [7, 11) is 1.84. The Morgan fingerprint density at radius 2 is 1.96 bits per heavy atom. The van der Waals surface area contributed by atoms with Gasteiger partial charge in [-0.15, -0.1) is 10.2 Å². The SMILES string of the molecule is Cn1cc(-c2ccc(-c3ccc(O[C@@H]4CCCC[C@H]4F)nn3)c(O)c2)cn1. The molecule has 0 spiro atoms. The first-order chi connectivity index (χ1) is 13.1. The maximum atomic E-state index is 13.9. The van der Waals surface area contributed by atoms with Gasteiger partial charge in [0.2, 0.25) is 5.88 Å². The van der Waals surface area contributed by atoms with Crippen molar-refractivity contribution < 1.29 is 14.2 Å². The molecule has 27 heavy (non-hydrogen) atoms. The number of ether oxygens (including phenoxy) is 1. The number of halogens is 1. The quantitative estimate of drug-likeness (QED) is 0.756. The average Bonchev–Trinajstić information content (AvgIpc) is 3.11. The van der Waals surface area contributed by atoms with E-state index < -0.39 is 12.3 Å². The Labute approximate surface area is 156 Å². The molecule has 6 nitrogen and oxygen atoms in total. The third-order valence-electron chi connectivity index (χ3n) is 4.85. The number of rotatable bonds is 4. The number of hydrogen-bond acceptors (Lipinski definition) is 5. The van der Waals surface area contributed by atoms with Gasteiger partial charge in [-0.05, 0) is 43.0 Å². The van der Waals surface area contributed by atoms with Crippen LogP contribution in [0.1, 0.15) is 25.7 Å². The van der Waals surface area contributed by atoms with E-state index in [1.165, 1.54) is 0 Å². The second-order valence-corrected chi connectivity index (χ2v) is 6.85. The molecular formula is C20H21FN4O2. The Balaban J connectivity index is 1.51. The maximum Gasteiger partial charge on any atom is 0.233 e. The number of phenolic OH excluding ortho intramolecular Hbond substituents is 1. The molecule has 2 heterocycles. The number of phenols is 1. The minimum atomic E-state index is -0.954. The Bertz CT molecular complexity index is 926. The zero-order chi connectivity index (χ0) is 18.8. The molecule has 4 rings (SSSR count). The van der Waals surface area contributed by atoms with Crippen LogP contribution in [-0.2, 0) is 7.05 Å². The van der Waals surface area contributed by atoms with Gasteiger partial charge < -0.3 is 9.84 Å². The lowest BCUT2D eigenvalue weighted by molar-refractivity contribution is 0.0594. The topological polar surface area (TPSA) is 73.1 Å². The van der Waals surface area contributed by atoms with Crippen LogP contribution in [0.25, 0.3) is 22.4 Å². The highest BCUT2D eigenvalue weighted by atomic mass is 19.1. The second-order valence-electron chi connectivity index (χ2n) is 6.85. The van der Waals surface area contributed by atoms with Crippen LogP contribution in [0, 0.1) is 0 Å². The Morgan fingerprint density at radius 1 is 1.11 bits per heavy atom. The molecule has 2 aromatic heterocycles. The molecular weight excluding hydrogens is 347 g/mol. The maximum absolute atomic E-state index is 13.9. The molecule has 3 aromatic rings. The highest BCUT2D eigenvalue weighted by molar-refractivity contribution is 5.73. The standard InChI is InChI=1S/C20H21FN4O2/c1-25-12-14(11-22-25)13-6-7-15(18(26)10-13)17-8-9-20(24-23-17)27-19-5-3-2-4-16(19)21/h6-12,16,19,26H,2-5H2,1H3/t16-,19-/m1/s1. The number of hydrogen-bond donors (Lipinski definition) is 1. The van der Waals surface area contributed by atoms with Gasteiger partial charge in [-0.2, -0.15) is 5.10 Å². The van der Waals surface area contributed by atoms with E-state index in [1.54, 1.807) is 35.1 Å². The van der Waals surface area contributed by atoms with Crippen molar-refractivity contribution in [3.63, 3.8) is 0 Å². The van der Waals surface area contributed by atoms with Crippen LogP contribution in [0.3, 0.4) is 0 Å². The van der Waals surface area contributed by atoms with Crippen molar-refractivity contribution in [3.8, 4) is 34.0 Å². The fourth-order valence-electron chi connectivity index (χ4n) is 3.36. The summed E-state index contributed by atoms with van der Waals surface area (Å²) < 4.78 is 21.3. The van der Waals surface area contributed by atoms with Crippen molar-refractivity contribution in [1.29, 1.82) is 0 Å². The van der Waals surface area contributed by atoms with E-state index in [0.717, 1.165) is 24.0 Å². The van der Waals surface area contributed by atoms with Crippen molar-refractivity contribution in [2.75, 3.05) is 0 Å². The Hall–Kier alpha value is -2.96. The van der Waals surface area contributed by atoms with Gasteiger partial charge in [0.25, 0.3) is 0 Å². The van der Waals surface area contributed by atoms with Crippen molar-refractivity contribution >= 4 is 0 Å². The molecule has 2 atom stereocenters. The Kier molecular flexibility index (Phi) is 4.75. The smallest absolute Gasteiger partial charge is 0.233 e. The summed E-state index contributed by atoms with van der Waals surface area (Å²) in [6.07, 6.45) is 5.31. The molecule has 1 saturated carbocycles. The number of alkyl halides is 1. The molecule has 1 aliphatic carbocycles. The van der Waals surface area contributed by atoms with Crippen molar-refractivity contribution in [3.05, 3.63) is 42.7 Å². The van der Waals surface area contributed by atoms with Crippen LogP contribution in [0.2, 0.25) is 0 Å². The van der Waals surface area contributed by atoms with E-state index in [4.69, 9.17) is 4.74 Å². The molecule has 1 aromatic carbocycles. The molecule has 140 valence electrons. The predicted octanol–water partition coefficient (Wildman–Crippen LogP) is 3.91. The van der Waals surface area contributed by atoms with Gasteiger partial charge >= 0.3 is 0 Å². The molecule has 1 aliphatic rings. The van der Waals surface area contributed by atoms with Crippen LogP contribution in [0.15, 0.2) is 42.7 Å². The predicted molar refractivity (Wildman–Crippen MR) is 99.1 cm³/mol. The van der Waals surface area contributed by atoms with Gasteiger partial charge in [0.1, 0.15) is 18.0 Å². The molecule has 0 amide bonds. The van der Waals surface area contributed by atoms with E-state index in [9.17, 15) is 9.50 Å². The Morgan fingerprint density at radius 3 is 2.63 bits per heavy atom. The molecule has 7 heteroatoms. The number of aryl methyl sites for hydroxylation is 1. The highest BCUT2D eigenvalue weighted by Crippen LogP contribution is 2.32. The van der Waals surface area contributed by atoms with Crippen molar-refractivity contribution in [1.82, 2.24) is 20.0 Å². The fourth-order valence-corrected chi connectivity index (χ4v) is 3.36. The highest BCUT2D eigenvalue weighted by Gasteiger charge is 2.26. The fraction of sp³-hybridized carbons (Fsp3) is 0.350. The zero-order valence-corrected chi connectivity index (χ0v) is 15.0. The largest absolute Gasteiger partial charge is 0.507 e. The lowest BCUT2D eigenvalue weighted by Crippen LogP contribution is -2.32. The minimum Gasteiger partial charge on any atom is -0.507 e.